The predicted molar refractivity (Wildman–Crippen MR) is 75.7 cm³/mol. The van der Waals surface area contributed by atoms with Crippen molar-refractivity contribution in [3.63, 3.8) is 0 Å². The van der Waals surface area contributed by atoms with E-state index in [1.54, 1.807) is 11.3 Å². The van der Waals surface area contributed by atoms with Crippen LogP contribution in [-0.4, -0.2) is 5.16 Å². The van der Waals surface area contributed by atoms with Gasteiger partial charge in [-0.25, -0.2) is 0 Å². The van der Waals surface area contributed by atoms with Gasteiger partial charge in [-0.05, 0) is 23.9 Å². The molecule has 0 spiro atoms. The first-order chi connectivity index (χ1) is 8.79. The monoisotopic (exact) mass is 258 g/mol. The summed E-state index contributed by atoms with van der Waals surface area (Å²) in [5.74, 6) is 1.35. The van der Waals surface area contributed by atoms with Gasteiger partial charge in [-0.3, -0.25) is 0 Å². The van der Waals surface area contributed by atoms with Crippen molar-refractivity contribution in [2.24, 2.45) is 0 Å². The van der Waals surface area contributed by atoms with E-state index in [0.29, 0.717) is 5.82 Å². The van der Waals surface area contributed by atoms with E-state index in [4.69, 9.17) is 10.3 Å². The molecule has 2 aromatic heterocycles. The first-order valence-corrected chi connectivity index (χ1v) is 6.84. The second-order valence-electron chi connectivity index (χ2n) is 4.27. The van der Waals surface area contributed by atoms with Gasteiger partial charge in [0, 0.05) is 10.3 Å². The highest BCUT2D eigenvalue weighted by molar-refractivity contribution is 7.22. The maximum absolute atomic E-state index is 5.86. The van der Waals surface area contributed by atoms with Gasteiger partial charge in [0.2, 0.25) is 0 Å². The van der Waals surface area contributed by atoms with Crippen LogP contribution in [0.25, 0.3) is 20.7 Å². The van der Waals surface area contributed by atoms with E-state index >= 15 is 0 Å². The van der Waals surface area contributed by atoms with Crippen molar-refractivity contribution in [3.05, 3.63) is 35.9 Å². The Morgan fingerprint density at radius 1 is 1.33 bits per heavy atom. The van der Waals surface area contributed by atoms with Crippen molar-refractivity contribution >= 4 is 27.2 Å². The van der Waals surface area contributed by atoms with E-state index in [1.165, 1.54) is 10.1 Å². The van der Waals surface area contributed by atoms with Crippen LogP contribution in [0.3, 0.4) is 0 Å². The molecule has 0 aliphatic rings. The number of hydrogen-bond donors (Lipinski definition) is 1. The number of aromatic nitrogens is 1. The molecule has 3 rings (SSSR count). The van der Waals surface area contributed by atoms with Crippen molar-refractivity contribution in [2.45, 2.75) is 19.8 Å². The van der Waals surface area contributed by atoms with E-state index < -0.39 is 0 Å². The molecule has 92 valence electrons. The Morgan fingerprint density at radius 3 is 2.94 bits per heavy atom. The molecule has 0 saturated carbocycles. The van der Waals surface area contributed by atoms with Crippen LogP contribution < -0.4 is 5.73 Å². The second-order valence-corrected chi connectivity index (χ2v) is 5.36. The molecule has 0 unspecified atom stereocenters. The van der Waals surface area contributed by atoms with Crippen LogP contribution >= 0.6 is 11.3 Å². The minimum absolute atomic E-state index is 0.518. The number of anilines is 1. The Morgan fingerprint density at radius 2 is 2.17 bits per heavy atom. The zero-order chi connectivity index (χ0) is 12.5. The Bertz CT molecular complexity index is 651. The van der Waals surface area contributed by atoms with E-state index in [1.807, 2.05) is 12.1 Å². The molecule has 0 fully saturated rings. The molecular weight excluding hydrogens is 244 g/mol. The third-order valence-corrected chi connectivity index (χ3v) is 4.08. The molecule has 0 amide bonds. The molecular formula is C14H14N2OS. The number of nitrogen functional groups attached to an aromatic ring is 1. The summed E-state index contributed by atoms with van der Waals surface area (Å²) in [7, 11) is 0. The van der Waals surface area contributed by atoms with Crippen LogP contribution in [-0.2, 0) is 6.42 Å². The zero-order valence-corrected chi connectivity index (χ0v) is 11.0. The molecule has 0 atom stereocenters. The Labute approximate surface area is 109 Å². The van der Waals surface area contributed by atoms with Crippen LogP contribution in [0.5, 0.6) is 0 Å². The summed E-state index contributed by atoms with van der Waals surface area (Å²) in [6.07, 6.45) is 1.93. The van der Waals surface area contributed by atoms with E-state index in [2.05, 4.69) is 30.3 Å². The quantitative estimate of drug-likeness (QED) is 0.769. The van der Waals surface area contributed by atoms with Gasteiger partial charge in [-0.2, -0.15) is 0 Å². The number of nitrogens with zero attached hydrogens (tertiary/aromatic N) is 1. The number of fused-ring (bicyclic) bond motifs is 1. The van der Waals surface area contributed by atoms with E-state index in [0.717, 1.165) is 29.0 Å². The average molecular weight is 258 g/mol. The van der Waals surface area contributed by atoms with Crippen molar-refractivity contribution in [3.8, 4) is 10.6 Å². The van der Waals surface area contributed by atoms with Crippen LogP contribution in [0, 0.1) is 0 Å². The van der Waals surface area contributed by atoms with Gasteiger partial charge in [0.05, 0.1) is 4.88 Å². The van der Waals surface area contributed by atoms with Crippen LogP contribution in [0.1, 0.15) is 18.9 Å². The number of hydrogen-bond acceptors (Lipinski definition) is 4. The molecule has 0 radical (unpaired) electrons. The Balaban J connectivity index is 2.14. The summed E-state index contributed by atoms with van der Waals surface area (Å²) < 4.78 is 6.65. The summed E-state index contributed by atoms with van der Waals surface area (Å²) in [5.41, 5.74) is 6.89. The second kappa shape index (κ2) is 4.46. The fourth-order valence-electron chi connectivity index (χ4n) is 2.10. The molecule has 3 aromatic rings. The van der Waals surface area contributed by atoms with Gasteiger partial charge in [-0.1, -0.05) is 36.7 Å². The first kappa shape index (κ1) is 11.3. The summed E-state index contributed by atoms with van der Waals surface area (Å²) in [4.78, 5) is 1.10. The maximum Gasteiger partial charge on any atom is 0.182 e. The lowest BCUT2D eigenvalue weighted by atomic mass is 10.1. The molecule has 2 heterocycles. The molecule has 0 aliphatic carbocycles. The Kier molecular flexibility index (Phi) is 2.80. The fraction of sp³-hybridized carbons (Fsp3) is 0.214. The number of rotatable bonds is 3. The minimum atomic E-state index is 0.518. The topological polar surface area (TPSA) is 52.0 Å². The average Bonchev–Trinajstić information content (AvgIpc) is 2.94. The summed E-state index contributed by atoms with van der Waals surface area (Å²) in [6, 6.07) is 10.4. The normalized spacial score (nSPS) is 11.2. The SMILES string of the molecule is CCCc1c(N)noc1-c1cc2ccccc2s1. The highest BCUT2D eigenvalue weighted by Gasteiger charge is 2.16. The molecule has 0 aliphatic heterocycles. The van der Waals surface area contributed by atoms with Gasteiger partial charge in [-0.15, -0.1) is 11.3 Å². The van der Waals surface area contributed by atoms with Gasteiger partial charge in [0.15, 0.2) is 11.6 Å². The zero-order valence-electron chi connectivity index (χ0n) is 10.1. The number of benzene rings is 1. The van der Waals surface area contributed by atoms with Crippen molar-refractivity contribution in [1.29, 1.82) is 0 Å². The highest BCUT2D eigenvalue weighted by atomic mass is 32.1. The largest absolute Gasteiger partial charge is 0.381 e. The molecule has 1 aromatic carbocycles. The smallest absolute Gasteiger partial charge is 0.182 e. The molecule has 0 bridgehead atoms. The van der Waals surface area contributed by atoms with Gasteiger partial charge < -0.3 is 10.3 Å². The molecule has 3 nitrogen and oxygen atoms in total. The van der Waals surface area contributed by atoms with E-state index in [9.17, 15) is 0 Å². The maximum atomic E-state index is 5.86. The lowest BCUT2D eigenvalue weighted by molar-refractivity contribution is 0.436. The van der Waals surface area contributed by atoms with Crippen molar-refractivity contribution in [1.82, 2.24) is 5.16 Å². The van der Waals surface area contributed by atoms with Gasteiger partial charge in [0.25, 0.3) is 0 Å². The lowest BCUT2D eigenvalue weighted by Gasteiger charge is -1.96. The highest BCUT2D eigenvalue weighted by Crippen LogP contribution is 2.37. The van der Waals surface area contributed by atoms with Crippen LogP contribution in [0.4, 0.5) is 5.82 Å². The van der Waals surface area contributed by atoms with E-state index in [-0.39, 0.29) is 0 Å². The number of thiophene rings is 1. The predicted octanol–water partition coefficient (Wildman–Crippen LogP) is 4.09. The first-order valence-electron chi connectivity index (χ1n) is 6.02. The summed E-state index contributed by atoms with van der Waals surface area (Å²) in [6.45, 7) is 2.13. The van der Waals surface area contributed by atoms with Crippen LogP contribution in [0.15, 0.2) is 34.9 Å². The summed E-state index contributed by atoms with van der Waals surface area (Å²) in [5, 5.41) is 5.12. The fourth-order valence-corrected chi connectivity index (χ4v) is 3.17. The third-order valence-electron chi connectivity index (χ3n) is 2.97. The standard InChI is InChI=1S/C14H14N2OS/c1-2-5-10-13(17-16-14(10)15)12-8-9-6-3-4-7-11(9)18-12/h3-4,6-8H,2,5H2,1H3,(H2,15,16). The van der Waals surface area contributed by atoms with Crippen LogP contribution in [0.2, 0.25) is 0 Å². The minimum Gasteiger partial charge on any atom is -0.381 e. The van der Waals surface area contributed by atoms with Gasteiger partial charge in [0.1, 0.15) is 0 Å². The molecule has 18 heavy (non-hydrogen) atoms. The third kappa shape index (κ3) is 1.78. The summed E-state index contributed by atoms with van der Waals surface area (Å²) >= 11 is 1.71. The molecule has 2 N–H and O–H groups in total. The lowest BCUT2D eigenvalue weighted by Crippen LogP contribution is -1.91. The van der Waals surface area contributed by atoms with Gasteiger partial charge >= 0.3 is 0 Å². The van der Waals surface area contributed by atoms with Crippen molar-refractivity contribution in [2.75, 3.05) is 5.73 Å². The molecule has 4 heteroatoms. The Hall–Kier alpha value is -1.81. The van der Waals surface area contributed by atoms with Crippen molar-refractivity contribution < 1.29 is 4.52 Å². The molecule has 0 saturated heterocycles. The number of nitrogens with two attached hydrogens (primary N) is 1.